The van der Waals surface area contributed by atoms with Gasteiger partial charge in [-0.05, 0) is 33.2 Å². The first-order valence-corrected chi connectivity index (χ1v) is 5.86. The summed E-state index contributed by atoms with van der Waals surface area (Å²) in [7, 11) is 0. The summed E-state index contributed by atoms with van der Waals surface area (Å²) in [5, 5.41) is 12.5. The smallest absolute Gasteiger partial charge is 0.169 e. The van der Waals surface area contributed by atoms with Crippen molar-refractivity contribution in [3.05, 3.63) is 0 Å². The molecule has 0 fully saturated rings. The van der Waals surface area contributed by atoms with E-state index in [1.807, 2.05) is 20.8 Å². The van der Waals surface area contributed by atoms with Crippen molar-refractivity contribution >= 4 is 0 Å². The molecule has 1 unspecified atom stereocenters. The van der Waals surface area contributed by atoms with E-state index in [1.165, 1.54) is 0 Å². The average molecular weight is 219 g/mol. The van der Waals surface area contributed by atoms with Crippen LogP contribution in [-0.2, 0) is 9.47 Å². The van der Waals surface area contributed by atoms with Gasteiger partial charge in [-0.15, -0.1) is 0 Å². The Morgan fingerprint density at radius 3 is 2.20 bits per heavy atom. The summed E-state index contributed by atoms with van der Waals surface area (Å²) >= 11 is 0. The maximum absolute atomic E-state index is 9.33. The Bertz CT molecular complexity index is 127. The Kier molecular flexibility index (Phi) is 10.3. The lowest BCUT2D eigenvalue weighted by molar-refractivity contribution is -0.132. The summed E-state index contributed by atoms with van der Waals surface area (Å²) in [6.07, 6.45) is 1.22. The minimum absolute atomic E-state index is 0.168. The van der Waals surface area contributed by atoms with Crippen LogP contribution in [0.15, 0.2) is 0 Å². The van der Waals surface area contributed by atoms with E-state index < -0.39 is 0 Å². The molecule has 1 atom stereocenters. The van der Waals surface area contributed by atoms with Crippen molar-refractivity contribution in [2.75, 3.05) is 26.3 Å². The third-order valence-electron chi connectivity index (χ3n) is 2.14. The fraction of sp³-hybridized carbons (Fsp3) is 1.00. The molecular weight excluding hydrogens is 194 g/mol. The van der Waals surface area contributed by atoms with Gasteiger partial charge in [0.2, 0.25) is 0 Å². The van der Waals surface area contributed by atoms with Crippen molar-refractivity contribution in [1.29, 1.82) is 0 Å². The summed E-state index contributed by atoms with van der Waals surface area (Å²) in [6.45, 7) is 8.67. The van der Waals surface area contributed by atoms with E-state index in [9.17, 15) is 5.11 Å². The molecule has 0 radical (unpaired) electrons. The highest BCUT2D eigenvalue weighted by Gasteiger charge is 2.07. The van der Waals surface area contributed by atoms with Gasteiger partial charge in [-0.3, -0.25) is 0 Å². The molecule has 0 saturated carbocycles. The van der Waals surface area contributed by atoms with Crippen LogP contribution in [0.4, 0.5) is 0 Å². The molecule has 0 aliphatic heterocycles. The summed E-state index contributed by atoms with van der Waals surface area (Å²) in [4.78, 5) is 0. The molecule has 2 N–H and O–H groups in total. The van der Waals surface area contributed by atoms with E-state index >= 15 is 0 Å². The zero-order valence-electron chi connectivity index (χ0n) is 10.2. The van der Waals surface area contributed by atoms with Crippen LogP contribution in [0.3, 0.4) is 0 Å². The lowest BCUT2D eigenvalue weighted by atomic mass is 10.2. The number of aliphatic hydroxyl groups excluding tert-OH is 1. The molecule has 0 amide bonds. The molecule has 0 spiro atoms. The molecule has 0 aromatic heterocycles. The van der Waals surface area contributed by atoms with Crippen LogP contribution in [0.25, 0.3) is 0 Å². The van der Waals surface area contributed by atoms with E-state index in [1.54, 1.807) is 0 Å². The zero-order chi connectivity index (χ0) is 11.5. The van der Waals surface area contributed by atoms with E-state index in [-0.39, 0.29) is 12.4 Å². The topological polar surface area (TPSA) is 50.7 Å². The van der Waals surface area contributed by atoms with Crippen molar-refractivity contribution in [2.45, 2.75) is 46.0 Å². The van der Waals surface area contributed by atoms with Crippen LogP contribution < -0.4 is 5.32 Å². The fourth-order valence-electron chi connectivity index (χ4n) is 1.23. The largest absolute Gasteiger partial charge is 0.393 e. The number of rotatable bonds is 10. The van der Waals surface area contributed by atoms with Gasteiger partial charge in [0.15, 0.2) is 6.29 Å². The van der Waals surface area contributed by atoms with Crippen molar-refractivity contribution in [3.8, 4) is 0 Å². The molecule has 92 valence electrons. The minimum atomic E-state index is -0.199. The van der Waals surface area contributed by atoms with E-state index in [2.05, 4.69) is 5.32 Å². The van der Waals surface area contributed by atoms with Gasteiger partial charge in [-0.2, -0.15) is 0 Å². The zero-order valence-corrected chi connectivity index (χ0v) is 10.2. The van der Waals surface area contributed by atoms with Crippen molar-refractivity contribution < 1.29 is 14.6 Å². The number of nitrogens with one attached hydrogen (secondary N) is 1. The summed E-state index contributed by atoms with van der Waals surface area (Å²) in [5.41, 5.74) is 0. The van der Waals surface area contributed by atoms with E-state index in [4.69, 9.17) is 9.47 Å². The fourth-order valence-corrected chi connectivity index (χ4v) is 1.23. The van der Waals surface area contributed by atoms with Crippen molar-refractivity contribution in [1.82, 2.24) is 5.32 Å². The van der Waals surface area contributed by atoms with E-state index in [0.717, 1.165) is 19.4 Å². The highest BCUT2D eigenvalue weighted by Crippen LogP contribution is 1.96. The molecule has 0 bridgehead atoms. The molecule has 0 aromatic rings. The number of ether oxygens (including phenoxy) is 2. The summed E-state index contributed by atoms with van der Waals surface area (Å²) in [5.74, 6) is 0. The first-order chi connectivity index (χ1) is 7.24. The molecule has 0 heterocycles. The lowest BCUT2D eigenvalue weighted by Gasteiger charge is -2.17. The standard InChI is InChI=1S/C11H25NO3/c1-4-10(13)7-8-12-9-11(14-5-2)15-6-3/h10-13H,4-9H2,1-3H3. The minimum Gasteiger partial charge on any atom is -0.393 e. The molecule has 0 rings (SSSR count). The quantitative estimate of drug-likeness (QED) is 0.427. The van der Waals surface area contributed by atoms with Gasteiger partial charge < -0.3 is 19.9 Å². The Labute approximate surface area is 93.0 Å². The second-order valence-electron chi connectivity index (χ2n) is 3.40. The van der Waals surface area contributed by atoms with Gasteiger partial charge in [-0.25, -0.2) is 0 Å². The van der Waals surface area contributed by atoms with Gasteiger partial charge in [0, 0.05) is 19.8 Å². The number of aliphatic hydroxyl groups is 1. The average Bonchev–Trinajstić information content (AvgIpc) is 2.24. The Morgan fingerprint density at radius 1 is 1.13 bits per heavy atom. The molecule has 4 nitrogen and oxygen atoms in total. The maximum Gasteiger partial charge on any atom is 0.169 e. The third-order valence-corrected chi connectivity index (χ3v) is 2.14. The van der Waals surface area contributed by atoms with Crippen LogP contribution in [-0.4, -0.2) is 43.8 Å². The number of hydrogen-bond donors (Lipinski definition) is 2. The van der Waals surface area contributed by atoms with Crippen LogP contribution >= 0.6 is 0 Å². The van der Waals surface area contributed by atoms with Crippen molar-refractivity contribution in [3.63, 3.8) is 0 Å². The molecular formula is C11H25NO3. The number of hydrogen-bond acceptors (Lipinski definition) is 4. The second kappa shape index (κ2) is 10.4. The Hall–Kier alpha value is -0.160. The second-order valence-corrected chi connectivity index (χ2v) is 3.40. The highest BCUT2D eigenvalue weighted by atomic mass is 16.7. The van der Waals surface area contributed by atoms with E-state index in [0.29, 0.717) is 19.8 Å². The first kappa shape index (κ1) is 14.8. The molecule has 15 heavy (non-hydrogen) atoms. The van der Waals surface area contributed by atoms with Gasteiger partial charge >= 0.3 is 0 Å². The van der Waals surface area contributed by atoms with Gasteiger partial charge in [0.25, 0.3) is 0 Å². The monoisotopic (exact) mass is 219 g/mol. The third kappa shape index (κ3) is 8.81. The first-order valence-electron chi connectivity index (χ1n) is 5.86. The summed E-state index contributed by atoms with van der Waals surface area (Å²) < 4.78 is 10.7. The lowest BCUT2D eigenvalue weighted by Crippen LogP contribution is -2.33. The Balaban J connectivity index is 3.43. The molecule has 0 aliphatic carbocycles. The molecule has 0 aliphatic rings. The predicted molar refractivity (Wildman–Crippen MR) is 60.8 cm³/mol. The normalized spacial score (nSPS) is 13.4. The van der Waals surface area contributed by atoms with Crippen LogP contribution in [0.2, 0.25) is 0 Å². The summed E-state index contributed by atoms with van der Waals surface area (Å²) in [6, 6.07) is 0. The predicted octanol–water partition coefficient (Wildman–Crippen LogP) is 1.14. The van der Waals surface area contributed by atoms with Crippen LogP contribution in [0.1, 0.15) is 33.6 Å². The maximum atomic E-state index is 9.33. The SMILES string of the molecule is CCOC(CNCCC(O)CC)OCC. The van der Waals surface area contributed by atoms with Gasteiger partial charge in [0.05, 0.1) is 6.10 Å². The van der Waals surface area contributed by atoms with Gasteiger partial charge in [0.1, 0.15) is 0 Å². The van der Waals surface area contributed by atoms with Crippen LogP contribution in [0.5, 0.6) is 0 Å². The molecule has 0 aromatic carbocycles. The Morgan fingerprint density at radius 2 is 1.73 bits per heavy atom. The molecule has 0 saturated heterocycles. The van der Waals surface area contributed by atoms with Gasteiger partial charge in [-0.1, -0.05) is 6.92 Å². The molecule has 4 heteroatoms. The van der Waals surface area contributed by atoms with Crippen molar-refractivity contribution in [2.24, 2.45) is 0 Å². The highest BCUT2D eigenvalue weighted by molar-refractivity contribution is 4.57. The van der Waals surface area contributed by atoms with Crippen LogP contribution in [0, 0.1) is 0 Å².